The summed E-state index contributed by atoms with van der Waals surface area (Å²) in [7, 11) is 1.32. The van der Waals surface area contributed by atoms with Gasteiger partial charge in [-0.1, -0.05) is 12.1 Å². The number of ether oxygens (including phenoxy) is 1. The number of amides is 1. The number of piperazine rings is 1. The average Bonchev–Trinajstić information content (AvgIpc) is 2.73. The summed E-state index contributed by atoms with van der Waals surface area (Å²) in [5.41, 5.74) is 2.44. The minimum atomic E-state index is -0.480. The van der Waals surface area contributed by atoms with E-state index >= 15 is 0 Å². The summed E-state index contributed by atoms with van der Waals surface area (Å²) < 4.78 is 4.77. The third-order valence-electron chi connectivity index (χ3n) is 5.12. The van der Waals surface area contributed by atoms with E-state index in [4.69, 9.17) is 4.74 Å². The number of carbonyl (C=O) groups excluding carboxylic acids is 2. The number of nitrogens with one attached hydrogen (secondary N) is 1. The van der Waals surface area contributed by atoms with Gasteiger partial charge in [0, 0.05) is 43.5 Å². The summed E-state index contributed by atoms with van der Waals surface area (Å²) in [6.45, 7) is 8.50. The maximum Gasteiger partial charge on any atom is 0.339 e. The van der Waals surface area contributed by atoms with Gasteiger partial charge in [-0.15, -0.1) is 0 Å². The zero-order valence-corrected chi connectivity index (χ0v) is 16.6. The number of hydrogen-bond donors (Lipinski definition) is 1. The molecule has 0 unspecified atom stereocenters. The van der Waals surface area contributed by atoms with Crippen LogP contribution in [0.1, 0.15) is 34.6 Å². The van der Waals surface area contributed by atoms with Crippen molar-refractivity contribution in [2.45, 2.75) is 19.9 Å². The predicted octanol–water partition coefficient (Wildman–Crippen LogP) is 3.26. The molecule has 0 atom stereocenters. The highest BCUT2D eigenvalue weighted by Crippen LogP contribution is 2.20. The van der Waals surface area contributed by atoms with E-state index in [1.165, 1.54) is 7.11 Å². The van der Waals surface area contributed by atoms with Crippen LogP contribution < -0.4 is 10.2 Å². The number of esters is 1. The Morgan fingerprint density at radius 1 is 0.964 bits per heavy atom. The molecule has 1 aliphatic heterocycles. The Balaban J connectivity index is 1.66. The molecule has 1 saturated heterocycles. The molecule has 0 saturated carbocycles. The van der Waals surface area contributed by atoms with Crippen LogP contribution >= 0.6 is 0 Å². The van der Waals surface area contributed by atoms with Crippen molar-refractivity contribution < 1.29 is 14.3 Å². The van der Waals surface area contributed by atoms with Crippen molar-refractivity contribution in [2.24, 2.45) is 0 Å². The highest BCUT2D eigenvalue weighted by molar-refractivity contribution is 6.08. The number of methoxy groups -OCH3 is 1. The van der Waals surface area contributed by atoms with Gasteiger partial charge in [0.1, 0.15) is 0 Å². The molecule has 1 heterocycles. The third-order valence-corrected chi connectivity index (χ3v) is 5.12. The van der Waals surface area contributed by atoms with E-state index in [9.17, 15) is 9.59 Å². The lowest BCUT2D eigenvalue weighted by Gasteiger charge is -2.38. The molecule has 1 amide bonds. The summed E-state index contributed by atoms with van der Waals surface area (Å²) in [6, 6.07) is 15.0. The second-order valence-corrected chi connectivity index (χ2v) is 7.15. The van der Waals surface area contributed by atoms with E-state index in [-0.39, 0.29) is 5.91 Å². The molecule has 3 rings (SSSR count). The van der Waals surface area contributed by atoms with E-state index in [1.54, 1.807) is 24.3 Å². The smallest absolute Gasteiger partial charge is 0.339 e. The standard InChI is InChI=1S/C22H27N3O3/c1-16(2)24-12-14-25(15-13-24)18-10-8-17(9-11-18)21(26)23-20-7-5-4-6-19(20)22(27)28-3/h4-11,16H,12-15H2,1-3H3,(H,23,26). The van der Waals surface area contributed by atoms with E-state index in [2.05, 4.69) is 29.0 Å². The fourth-order valence-electron chi connectivity index (χ4n) is 3.39. The first kappa shape index (κ1) is 19.9. The first-order valence-electron chi connectivity index (χ1n) is 9.57. The number of hydrogen-bond acceptors (Lipinski definition) is 5. The average molecular weight is 381 g/mol. The molecule has 2 aromatic rings. The largest absolute Gasteiger partial charge is 0.465 e. The van der Waals surface area contributed by atoms with Crippen LogP contribution in [0.25, 0.3) is 0 Å². The van der Waals surface area contributed by atoms with Crippen molar-refractivity contribution in [3.63, 3.8) is 0 Å². The van der Waals surface area contributed by atoms with Crippen LogP contribution in [0, 0.1) is 0 Å². The number of para-hydroxylation sites is 1. The Bertz CT molecular complexity index is 825. The lowest BCUT2D eigenvalue weighted by Crippen LogP contribution is -2.48. The highest BCUT2D eigenvalue weighted by atomic mass is 16.5. The minimum Gasteiger partial charge on any atom is -0.465 e. The number of anilines is 2. The van der Waals surface area contributed by atoms with Crippen molar-refractivity contribution in [2.75, 3.05) is 43.5 Å². The fraction of sp³-hybridized carbons (Fsp3) is 0.364. The third kappa shape index (κ3) is 4.51. The Morgan fingerprint density at radius 3 is 2.21 bits per heavy atom. The number of benzene rings is 2. The summed E-state index contributed by atoms with van der Waals surface area (Å²) >= 11 is 0. The Morgan fingerprint density at radius 2 is 1.61 bits per heavy atom. The van der Waals surface area contributed by atoms with Crippen molar-refractivity contribution in [3.8, 4) is 0 Å². The zero-order chi connectivity index (χ0) is 20.1. The maximum atomic E-state index is 12.6. The lowest BCUT2D eigenvalue weighted by molar-refractivity contribution is 0.0602. The first-order valence-corrected chi connectivity index (χ1v) is 9.57. The van der Waals surface area contributed by atoms with Crippen molar-refractivity contribution in [1.82, 2.24) is 4.90 Å². The highest BCUT2D eigenvalue weighted by Gasteiger charge is 2.19. The Kier molecular flexibility index (Phi) is 6.31. The van der Waals surface area contributed by atoms with E-state index in [0.29, 0.717) is 22.9 Å². The molecule has 1 N–H and O–H groups in total. The van der Waals surface area contributed by atoms with Gasteiger partial charge in [0.25, 0.3) is 5.91 Å². The molecule has 6 heteroatoms. The lowest BCUT2D eigenvalue weighted by atomic mass is 10.1. The number of nitrogens with zero attached hydrogens (tertiary/aromatic N) is 2. The van der Waals surface area contributed by atoms with Crippen molar-refractivity contribution in [3.05, 3.63) is 59.7 Å². The monoisotopic (exact) mass is 381 g/mol. The molecular formula is C22H27N3O3. The fourth-order valence-corrected chi connectivity index (χ4v) is 3.39. The Hall–Kier alpha value is -2.86. The van der Waals surface area contributed by atoms with Crippen LogP contribution in [0.2, 0.25) is 0 Å². The molecule has 148 valence electrons. The molecule has 1 aliphatic rings. The van der Waals surface area contributed by atoms with Gasteiger partial charge in [0.05, 0.1) is 18.4 Å². The SMILES string of the molecule is COC(=O)c1ccccc1NC(=O)c1ccc(N2CCN(C(C)C)CC2)cc1. The summed E-state index contributed by atoms with van der Waals surface area (Å²) in [5.74, 6) is -0.737. The normalized spacial score (nSPS) is 14.8. The zero-order valence-electron chi connectivity index (χ0n) is 16.6. The summed E-state index contributed by atoms with van der Waals surface area (Å²) in [4.78, 5) is 29.3. The predicted molar refractivity (Wildman–Crippen MR) is 111 cm³/mol. The second kappa shape index (κ2) is 8.89. The Labute approximate surface area is 166 Å². The molecule has 0 bridgehead atoms. The maximum absolute atomic E-state index is 12.6. The molecule has 0 aliphatic carbocycles. The van der Waals surface area contributed by atoms with Gasteiger partial charge in [0.2, 0.25) is 0 Å². The van der Waals surface area contributed by atoms with Crippen LogP contribution in [-0.2, 0) is 4.74 Å². The van der Waals surface area contributed by atoms with Crippen LogP contribution in [-0.4, -0.2) is 56.1 Å². The molecule has 2 aromatic carbocycles. The minimum absolute atomic E-state index is 0.257. The van der Waals surface area contributed by atoms with E-state index < -0.39 is 5.97 Å². The van der Waals surface area contributed by atoms with Gasteiger partial charge in [-0.3, -0.25) is 9.69 Å². The van der Waals surface area contributed by atoms with Gasteiger partial charge in [-0.05, 0) is 50.2 Å². The topological polar surface area (TPSA) is 61.9 Å². The molecular weight excluding hydrogens is 354 g/mol. The molecule has 1 fully saturated rings. The van der Waals surface area contributed by atoms with E-state index in [0.717, 1.165) is 31.9 Å². The summed E-state index contributed by atoms with van der Waals surface area (Å²) in [6.07, 6.45) is 0. The van der Waals surface area contributed by atoms with Gasteiger partial charge >= 0.3 is 5.97 Å². The summed E-state index contributed by atoms with van der Waals surface area (Å²) in [5, 5.41) is 2.80. The number of carbonyl (C=O) groups is 2. The van der Waals surface area contributed by atoms with Crippen LogP contribution in [0.15, 0.2) is 48.5 Å². The molecule has 0 spiro atoms. The molecule has 28 heavy (non-hydrogen) atoms. The molecule has 0 radical (unpaired) electrons. The first-order chi connectivity index (χ1) is 13.5. The van der Waals surface area contributed by atoms with Crippen LogP contribution in [0.3, 0.4) is 0 Å². The molecule has 6 nitrogen and oxygen atoms in total. The quantitative estimate of drug-likeness (QED) is 0.806. The van der Waals surface area contributed by atoms with Crippen LogP contribution in [0.4, 0.5) is 11.4 Å². The van der Waals surface area contributed by atoms with Crippen molar-refractivity contribution >= 4 is 23.3 Å². The second-order valence-electron chi connectivity index (χ2n) is 7.15. The van der Waals surface area contributed by atoms with Crippen molar-refractivity contribution in [1.29, 1.82) is 0 Å². The van der Waals surface area contributed by atoms with Gasteiger partial charge in [-0.2, -0.15) is 0 Å². The van der Waals surface area contributed by atoms with Gasteiger partial charge in [0.15, 0.2) is 0 Å². The van der Waals surface area contributed by atoms with Crippen LogP contribution in [0.5, 0.6) is 0 Å². The number of rotatable bonds is 5. The van der Waals surface area contributed by atoms with E-state index in [1.807, 2.05) is 24.3 Å². The molecule has 0 aromatic heterocycles. The van der Waals surface area contributed by atoms with Gasteiger partial charge in [-0.25, -0.2) is 4.79 Å². The van der Waals surface area contributed by atoms with Gasteiger partial charge < -0.3 is 15.0 Å².